The van der Waals surface area contributed by atoms with Crippen LogP contribution in [0.25, 0.3) is 16.9 Å². The molecule has 0 saturated heterocycles. The minimum Gasteiger partial charge on any atom is -0.305 e. The van der Waals surface area contributed by atoms with Crippen LogP contribution in [0.15, 0.2) is 55.1 Å². The number of nitrogens with zero attached hydrogens (tertiary/aromatic N) is 5. The Kier molecular flexibility index (Phi) is 4.53. The largest absolute Gasteiger partial charge is 0.416 e. The van der Waals surface area contributed by atoms with Crippen molar-refractivity contribution >= 4 is 17.4 Å². The van der Waals surface area contributed by atoms with Crippen LogP contribution >= 0.6 is 0 Å². The molecule has 3 heterocycles. The molecule has 0 saturated carbocycles. The highest BCUT2D eigenvalue weighted by molar-refractivity contribution is 6.02. The Balaban J connectivity index is 1.67. The number of carbonyl (C=O) groups excluding carboxylic acids is 1. The number of nitrogens with one attached hydrogen (secondary N) is 1. The number of fused-ring (bicyclic) bond motifs is 1. The van der Waals surface area contributed by atoms with E-state index in [-0.39, 0.29) is 5.69 Å². The topological polar surface area (TPSA) is 77.1 Å². The molecule has 0 atom stereocenters. The number of alkyl halides is 3. The average molecular weight is 400 g/mol. The monoisotopic (exact) mass is 400 g/mol. The minimum atomic E-state index is -4.40. The molecule has 0 aliphatic heterocycles. The van der Waals surface area contributed by atoms with E-state index in [1.807, 2.05) is 6.92 Å². The van der Waals surface area contributed by atoms with Gasteiger partial charge < -0.3 is 5.32 Å². The van der Waals surface area contributed by atoms with Gasteiger partial charge in [-0.15, -0.1) is 0 Å². The lowest BCUT2D eigenvalue weighted by Gasteiger charge is -2.09. The molecule has 29 heavy (non-hydrogen) atoms. The van der Waals surface area contributed by atoms with Gasteiger partial charge in [-0.2, -0.15) is 18.3 Å². The molecule has 4 rings (SSSR count). The average Bonchev–Trinajstić information content (AvgIpc) is 3.33. The molecular formula is C19H15F3N6O. The van der Waals surface area contributed by atoms with Crippen LogP contribution in [0.5, 0.6) is 0 Å². The molecule has 3 aromatic heterocycles. The predicted octanol–water partition coefficient (Wildman–Crippen LogP) is 3.88. The second-order valence-corrected chi connectivity index (χ2v) is 6.21. The van der Waals surface area contributed by atoms with Crippen LogP contribution in [0.2, 0.25) is 0 Å². The lowest BCUT2D eigenvalue weighted by atomic mass is 10.1. The van der Waals surface area contributed by atoms with Gasteiger partial charge in [-0.3, -0.25) is 9.20 Å². The fourth-order valence-electron chi connectivity index (χ4n) is 2.92. The maximum atomic E-state index is 12.8. The van der Waals surface area contributed by atoms with Crippen molar-refractivity contribution < 1.29 is 18.0 Å². The van der Waals surface area contributed by atoms with E-state index < -0.39 is 17.6 Å². The van der Waals surface area contributed by atoms with Crippen molar-refractivity contribution in [2.45, 2.75) is 19.6 Å². The molecule has 0 radical (unpaired) electrons. The Labute approximate surface area is 162 Å². The molecule has 0 aliphatic carbocycles. The lowest BCUT2D eigenvalue weighted by molar-refractivity contribution is -0.137. The third-order valence-electron chi connectivity index (χ3n) is 4.39. The van der Waals surface area contributed by atoms with Crippen LogP contribution in [0.1, 0.15) is 23.0 Å². The Morgan fingerprint density at radius 1 is 1.10 bits per heavy atom. The fraction of sp³-hybridized carbons (Fsp3) is 0.158. The maximum absolute atomic E-state index is 12.8. The second kappa shape index (κ2) is 7.04. The first-order chi connectivity index (χ1) is 13.9. The van der Waals surface area contributed by atoms with Crippen molar-refractivity contribution in [3.05, 3.63) is 66.4 Å². The molecule has 1 N–H and O–H groups in total. The van der Waals surface area contributed by atoms with Gasteiger partial charge in [-0.1, -0.05) is 12.1 Å². The summed E-state index contributed by atoms with van der Waals surface area (Å²) in [6.07, 6.45) is 1.62. The number of anilines is 1. The van der Waals surface area contributed by atoms with Gasteiger partial charge >= 0.3 is 6.18 Å². The van der Waals surface area contributed by atoms with Crippen LogP contribution in [0, 0.1) is 0 Å². The SMILES string of the molecule is CCn1nccc1NC(=O)c1cn2c(-c3ccc(C(F)(F)F)cc3)cnc2cn1. The molecule has 0 spiro atoms. The van der Waals surface area contributed by atoms with Gasteiger partial charge in [0.2, 0.25) is 0 Å². The summed E-state index contributed by atoms with van der Waals surface area (Å²) in [5.74, 6) is 0.0992. The Morgan fingerprint density at radius 2 is 1.86 bits per heavy atom. The summed E-state index contributed by atoms with van der Waals surface area (Å²) in [5, 5.41) is 6.83. The van der Waals surface area contributed by atoms with E-state index in [1.54, 1.807) is 21.3 Å². The van der Waals surface area contributed by atoms with E-state index in [0.717, 1.165) is 12.1 Å². The maximum Gasteiger partial charge on any atom is 0.416 e. The highest BCUT2D eigenvalue weighted by Gasteiger charge is 2.30. The van der Waals surface area contributed by atoms with Crippen LogP contribution < -0.4 is 5.32 Å². The zero-order chi connectivity index (χ0) is 20.6. The van der Waals surface area contributed by atoms with Crippen molar-refractivity contribution in [3.63, 3.8) is 0 Å². The summed E-state index contributed by atoms with van der Waals surface area (Å²) < 4.78 is 41.6. The first-order valence-electron chi connectivity index (χ1n) is 8.70. The number of amides is 1. The van der Waals surface area contributed by atoms with E-state index in [2.05, 4.69) is 20.4 Å². The van der Waals surface area contributed by atoms with Gasteiger partial charge in [0, 0.05) is 24.4 Å². The van der Waals surface area contributed by atoms with Crippen molar-refractivity contribution in [1.29, 1.82) is 0 Å². The van der Waals surface area contributed by atoms with Gasteiger partial charge in [0.1, 0.15) is 11.5 Å². The number of hydrogen-bond donors (Lipinski definition) is 1. The number of halogens is 3. The number of carbonyl (C=O) groups is 1. The molecule has 0 bridgehead atoms. The number of rotatable bonds is 4. The summed E-state index contributed by atoms with van der Waals surface area (Å²) >= 11 is 0. The molecule has 0 fully saturated rings. The second-order valence-electron chi connectivity index (χ2n) is 6.21. The van der Waals surface area contributed by atoms with Crippen LogP contribution in [0.4, 0.5) is 19.0 Å². The molecule has 7 nitrogen and oxygen atoms in total. The lowest BCUT2D eigenvalue weighted by Crippen LogP contribution is -2.17. The highest BCUT2D eigenvalue weighted by atomic mass is 19.4. The van der Waals surface area contributed by atoms with Gasteiger partial charge in [-0.05, 0) is 19.1 Å². The van der Waals surface area contributed by atoms with Gasteiger partial charge in [0.15, 0.2) is 5.65 Å². The standard InChI is InChI=1S/C19H15F3N6O/c1-2-28-16(7-8-25-28)26-18(29)14-11-27-15(9-24-17(27)10-23-14)12-3-5-13(6-4-12)19(20,21)22/h3-11H,2H2,1H3,(H,26,29). The van der Waals surface area contributed by atoms with Crippen molar-refractivity contribution in [3.8, 4) is 11.3 Å². The third kappa shape index (κ3) is 3.56. The zero-order valence-electron chi connectivity index (χ0n) is 15.2. The molecule has 0 aliphatic rings. The first kappa shape index (κ1) is 18.7. The number of hydrogen-bond acceptors (Lipinski definition) is 4. The normalized spacial score (nSPS) is 11.7. The van der Waals surface area contributed by atoms with Gasteiger partial charge in [-0.25, -0.2) is 14.6 Å². The Hall–Kier alpha value is -3.69. The smallest absolute Gasteiger partial charge is 0.305 e. The van der Waals surface area contributed by atoms with Crippen molar-refractivity contribution in [2.75, 3.05) is 5.32 Å². The van der Waals surface area contributed by atoms with Crippen molar-refractivity contribution in [2.24, 2.45) is 0 Å². The van der Waals surface area contributed by atoms with Crippen LogP contribution in [0.3, 0.4) is 0 Å². The van der Waals surface area contributed by atoms with E-state index in [1.165, 1.54) is 30.7 Å². The third-order valence-corrected chi connectivity index (χ3v) is 4.39. The number of imidazole rings is 1. The summed E-state index contributed by atoms with van der Waals surface area (Å²) in [6.45, 7) is 2.49. The predicted molar refractivity (Wildman–Crippen MR) is 99.3 cm³/mol. The summed E-state index contributed by atoms with van der Waals surface area (Å²) in [4.78, 5) is 20.9. The molecule has 10 heteroatoms. The molecule has 4 aromatic rings. The molecule has 1 amide bonds. The van der Waals surface area contributed by atoms with Crippen LogP contribution in [-0.4, -0.2) is 30.1 Å². The molecule has 0 unspecified atom stereocenters. The zero-order valence-corrected chi connectivity index (χ0v) is 15.2. The Bertz CT molecular complexity index is 1180. The number of aryl methyl sites for hydroxylation is 1. The summed E-state index contributed by atoms with van der Waals surface area (Å²) in [5.41, 5.74) is 0.947. The van der Waals surface area contributed by atoms with Gasteiger partial charge in [0.05, 0.1) is 29.8 Å². The van der Waals surface area contributed by atoms with E-state index >= 15 is 0 Å². The van der Waals surface area contributed by atoms with E-state index in [9.17, 15) is 18.0 Å². The van der Waals surface area contributed by atoms with Gasteiger partial charge in [0.25, 0.3) is 5.91 Å². The fourth-order valence-corrected chi connectivity index (χ4v) is 2.92. The van der Waals surface area contributed by atoms with E-state index in [4.69, 9.17) is 0 Å². The van der Waals surface area contributed by atoms with E-state index in [0.29, 0.717) is 29.3 Å². The molecule has 148 valence electrons. The van der Waals surface area contributed by atoms with Crippen molar-refractivity contribution in [1.82, 2.24) is 24.1 Å². The Morgan fingerprint density at radius 3 is 2.55 bits per heavy atom. The number of benzene rings is 1. The summed E-state index contributed by atoms with van der Waals surface area (Å²) in [7, 11) is 0. The summed E-state index contributed by atoms with van der Waals surface area (Å²) in [6, 6.07) is 6.42. The first-order valence-corrected chi connectivity index (χ1v) is 8.70. The minimum absolute atomic E-state index is 0.132. The highest BCUT2D eigenvalue weighted by Crippen LogP contribution is 2.31. The number of aromatic nitrogens is 5. The molecular weight excluding hydrogens is 385 g/mol. The quantitative estimate of drug-likeness (QED) is 0.564. The molecule has 1 aromatic carbocycles. The van der Waals surface area contributed by atoms with Crippen LogP contribution in [-0.2, 0) is 12.7 Å².